The summed E-state index contributed by atoms with van der Waals surface area (Å²) in [7, 11) is 3.28. The Hall–Kier alpha value is -1.61. The second-order valence-corrected chi connectivity index (χ2v) is 3.52. The molecule has 3 nitrogen and oxygen atoms in total. The molecule has 0 aromatic heterocycles. The minimum absolute atomic E-state index is 0.303. The molecule has 1 aromatic rings. The lowest BCUT2D eigenvalue weighted by molar-refractivity contribution is 0.0600. The maximum Gasteiger partial charge on any atom is 0.337 e. The van der Waals surface area contributed by atoms with E-state index in [0.717, 1.165) is 17.7 Å². The third-order valence-electron chi connectivity index (χ3n) is 2.32. The Balaban J connectivity index is 2.94. The van der Waals surface area contributed by atoms with Gasteiger partial charge >= 0.3 is 5.97 Å². The standard InChI is InChI=1S/C13H17NO2/c1-10-6-7-12(13(15)16-3)9-11(10)5-4-8-14-2/h4-7,9,14H,8H2,1-3H3. The third-order valence-corrected chi connectivity index (χ3v) is 2.32. The highest BCUT2D eigenvalue weighted by molar-refractivity contribution is 5.90. The number of hydrogen-bond donors (Lipinski definition) is 1. The van der Waals surface area contributed by atoms with E-state index in [1.165, 1.54) is 7.11 Å². The third kappa shape index (κ3) is 3.21. The Morgan fingerprint density at radius 3 is 2.88 bits per heavy atom. The van der Waals surface area contributed by atoms with Gasteiger partial charge in [0, 0.05) is 6.54 Å². The summed E-state index contributed by atoms with van der Waals surface area (Å²) >= 11 is 0. The van der Waals surface area contributed by atoms with Gasteiger partial charge in [-0.05, 0) is 37.2 Å². The summed E-state index contributed by atoms with van der Waals surface area (Å²) in [6.07, 6.45) is 4.02. The molecular formula is C13H17NO2. The van der Waals surface area contributed by atoms with Gasteiger partial charge < -0.3 is 10.1 Å². The molecular weight excluding hydrogens is 202 g/mol. The molecule has 0 amide bonds. The highest BCUT2D eigenvalue weighted by Gasteiger charge is 2.06. The van der Waals surface area contributed by atoms with Crippen molar-refractivity contribution < 1.29 is 9.53 Å². The largest absolute Gasteiger partial charge is 0.465 e. The van der Waals surface area contributed by atoms with Crippen molar-refractivity contribution in [1.82, 2.24) is 5.32 Å². The molecule has 16 heavy (non-hydrogen) atoms. The number of benzene rings is 1. The summed E-state index contributed by atoms with van der Waals surface area (Å²) in [6, 6.07) is 5.54. The van der Waals surface area contributed by atoms with E-state index in [2.05, 4.69) is 10.1 Å². The van der Waals surface area contributed by atoms with Gasteiger partial charge in [0.2, 0.25) is 0 Å². The zero-order chi connectivity index (χ0) is 12.0. The fourth-order valence-electron chi connectivity index (χ4n) is 1.37. The number of hydrogen-bond acceptors (Lipinski definition) is 3. The molecule has 1 rings (SSSR count). The minimum atomic E-state index is -0.303. The van der Waals surface area contributed by atoms with Crippen molar-refractivity contribution in [2.45, 2.75) is 6.92 Å². The van der Waals surface area contributed by atoms with Gasteiger partial charge in [-0.3, -0.25) is 0 Å². The zero-order valence-corrected chi connectivity index (χ0v) is 9.91. The SMILES string of the molecule is CNCC=Cc1cc(C(=O)OC)ccc1C. The molecule has 0 aliphatic rings. The van der Waals surface area contributed by atoms with Crippen LogP contribution in [0.3, 0.4) is 0 Å². The molecule has 0 saturated heterocycles. The number of rotatable bonds is 4. The summed E-state index contributed by atoms with van der Waals surface area (Å²) in [5, 5.41) is 3.03. The summed E-state index contributed by atoms with van der Waals surface area (Å²) in [5.41, 5.74) is 2.76. The molecule has 1 aromatic carbocycles. The fraction of sp³-hybridized carbons (Fsp3) is 0.308. The van der Waals surface area contributed by atoms with Crippen molar-refractivity contribution in [2.24, 2.45) is 0 Å². The van der Waals surface area contributed by atoms with Crippen LogP contribution in [0.2, 0.25) is 0 Å². The van der Waals surface area contributed by atoms with E-state index in [-0.39, 0.29) is 5.97 Å². The Morgan fingerprint density at radius 2 is 2.25 bits per heavy atom. The normalized spacial score (nSPS) is 10.7. The Labute approximate surface area is 96.1 Å². The fourth-order valence-corrected chi connectivity index (χ4v) is 1.37. The molecule has 3 heteroatoms. The van der Waals surface area contributed by atoms with Gasteiger partial charge in [0.15, 0.2) is 0 Å². The van der Waals surface area contributed by atoms with Crippen molar-refractivity contribution in [1.29, 1.82) is 0 Å². The van der Waals surface area contributed by atoms with Gasteiger partial charge in [0.05, 0.1) is 12.7 Å². The van der Waals surface area contributed by atoms with Crippen LogP contribution >= 0.6 is 0 Å². The summed E-state index contributed by atoms with van der Waals surface area (Å²) in [4.78, 5) is 11.3. The number of carbonyl (C=O) groups excluding carboxylic acids is 1. The van der Waals surface area contributed by atoms with Crippen molar-refractivity contribution in [2.75, 3.05) is 20.7 Å². The van der Waals surface area contributed by atoms with Crippen LogP contribution in [0.4, 0.5) is 0 Å². The van der Waals surface area contributed by atoms with Crippen LogP contribution in [0, 0.1) is 6.92 Å². The van der Waals surface area contributed by atoms with Gasteiger partial charge in [-0.1, -0.05) is 18.2 Å². The topological polar surface area (TPSA) is 38.3 Å². The predicted octanol–water partition coefficient (Wildman–Crippen LogP) is 2.01. The van der Waals surface area contributed by atoms with Gasteiger partial charge in [0.25, 0.3) is 0 Å². The average molecular weight is 219 g/mol. The van der Waals surface area contributed by atoms with E-state index < -0.39 is 0 Å². The van der Waals surface area contributed by atoms with E-state index in [4.69, 9.17) is 0 Å². The molecule has 0 unspecified atom stereocenters. The minimum Gasteiger partial charge on any atom is -0.465 e. The van der Waals surface area contributed by atoms with Crippen LogP contribution in [0.15, 0.2) is 24.3 Å². The first-order valence-corrected chi connectivity index (χ1v) is 5.19. The lowest BCUT2D eigenvalue weighted by atomic mass is 10.0. The molecule has 86 valence electrons. The Morgan fingerprint density at radius 1 is 1.50 bits per heavy atom. The van der Waals surface area contributed by atoms with Crippen molar-refractivity contribution in [3.8, 4) is 0 Å². The molecule has 0 atom stereocenters. The second kappa shape index (κ2) is 6.08. The number of likely N-dealkylation sites (N-methyl/N-ethyl adjacent to an activating group) is 1. The zero-order valence-electron chi connectivity index (χ0n) is 9.91. The van der Waals surface area contributed by atoms with Crippen LogP contribution in [-0.2, 0) is 4.74 Å². The predicted molar refractivity (Wildman–Crippen MR) is 65.5 cm³/mol. The first-order chi connectivity index (χ1) is 7.69. The van der Waals surface area contributed by atoms with E-state index >= 15 is 0 Å². The van der Waals surface area contributed by atoms with Gasteiger partial charge in [-0.2, -0.15) is 0 Å². The van der Waals surface area contributed by atoms with Gasteiger partial charge in [-0.15, -0.1) is 0 Å². The van der Waals surface area contributed by atoms with E-state index in [0.29, 0.717) is 5.56 Å². The number of esters is 1. The van der Waals surface area contributed by atoms with Crippen LogP contribution in [0.1, 0.15) is 21.5 Å². The number of ether oxygens (including phenoxy) is 1. The first kappa shape index (κ1) is 12.5. The highest BCUT2D eigenvalue weighted by atomic mass is 16.5. The lowest BCUT2D eigenvalue weighted by Gasteiger charge is -2.04. The Bertz CT molecular complexity index is 397. The molecule has 0 aliphatic heterocycles. The van der Waals surface area contributed by atoms with Crippen LogP contribution in [-0.4, -0.2) is 26.7 Å². The number of carbonyl (C=O) groups is 1. The summed E-state index contributed by atoms with van der Waals surface area (Å²) in [6.45, 7) is 2.82. The maximum absolute atomic E-state index is 11.3. The van der Waals surface area contributed by atoms with E-state index in [1.54, 1.807) is 6.07 Å². The van der Waals surface area contributed by atoms with Gasteiger partial charge in [-0.25, -0.2) is 4.79 Å². The molecule has 0 heterocycles. The van der Waals surface area contributed by atoms with E-state index in [1.807, 2.05) is 38.3 Å². The number of nitrogens with one attached hydrogen (secondary N) is 1. The monoisotopic (exact) mass is 219 g/mol. The molecule has 0 radical (unpaired) electrons. The van der Waals surface area contributed by atoms with Crippen molar-refractivity contribution >= 4 is 12.0 Å². The number of aryl methyl sites for hydroxylation is 1. The molecule has 0 aliphatic carbocycles. The molecule has 0 fully saturated rings. The second-order valence-electron chi connectivity index (χ2n) is 3.52. The smallest absolute Gasteiger partial charge is 0.337 e. The van der Waals surface area contributed by atoms with Gasteiger partial charge in [0.1, 0.15) is 0 Å². The molecule has 0 bridgehead atoms. The van der Waals surface area contributed by atoms with Crippen LogP contribution < -0.4 is 5.32 Å². The van der Waals surface area contributed by atoms with Crippen molar-refractivity contribution in [3.05, 3.63) is 41.0 Å². The van der Waals surface area contributed by atoms with Crippen LogP contribution in [0.5, 0.6) is 0 Å². The molecule has 0 saturated carbocycles. The summed E-state index contributed by atoms with van der Waals surface area (Å²) in [5.74, 6) is -0.303. The number of methoxy groups -OCH3 is 1. The summed E-state index contributed by atoms with van der Waals surface area (Å²) < 4.78 is 4.68. The average Bonchev–Trinajstić information content (AvgIpc) is 2.31. The molecule has 0 spiro atoms. The van der Waals surface area contributed by atoms with Crippen LogP contribution in [0.25, 0.3) is 6.08 Å². The quantitative estimate of drug-likeness (QED) is 0.787. The lowest BCUT2D eigenvalue weighted by Crippen LogP contribution is -2.04. The maximum atomic E-state index is 11.3. The first-order valence-electron chi connectivity index (χ1n) is 5.19. The highest BCUT2D eigenvalue weighted by Crippen LogP contribution is 2.13. The van der Waals surface area contributed by atoms with Crippen molar-refractivity contribution in [3.63, 3.8) is 0 Å². The molecule has 1 N–H and O–H groups in total. The van der Waals surface area contributed by atoms with E-state index in [9.17, 15) is 4.79 Å². The Kier molecular flexibility index (Phi) is 4.73.